The number of H-pyrrole nitrogens is 1. The van der Waals surface area contributed by atoms with Crippen molar-refractivity contribution in [1.82, 2.24) is 15.0 Å². The van der Waals surface area contributed by atoms with Crippen molar-refractivity contribution >= 4 is 22.8 Å². The molecule has 2 saturated heterocycles. The highest BCUT2D eigenvalue weighted by atomic mass is 35.5. The highest BCUT2D eigenvalue weighted by Gasteiger charge is 2.48. The Morgan fingerprint density at radius 3 is 2.27 bits per heavy atom. The van der Waals surface area contributed by atoms with E-state index in [9.17, 15) is 5.11 Å². The van der Waals surface area contributed by atoms with Crippen LogP contribution in [0.5, 0.6) is 6.01 Å². The summed E-state index contributed by atoms with van der Waals surface area (Å²) in [6.07, 6.45) is 7.61. The summed E-state index contributed by atoms with van der Waals surface area (Å²) in [4.78, 5) is 12.3. The molecule has 0 saturated carbocycles. The van der Waals surface area contributed by atoms with Crippen LogP contribution in [0.4, 0.5) is 0 Å². The van der Waals surface area contributed by atoms with Crippen LogP contribution in [0.15, 0.2) is 60.7 Å². The van der Waals surface area contributed by atoms with Crippen LogP contribution in [0, 0.1) is 12.8 Å². The Balaban J connectivity index is 0.000000599. The molecule has 0 amide bonds. The molecular formula is C29H30ClN3O4. The van der Waals surface area contributed by atoms with Crippen LogP contribution in [-0.2, 0) is 9.47 Å². The van der Waals surface area contributed by atoms with Gasteiger partial charge in [-0.3, -0.25) is 0 Å². The lowest BCUT2D eigenvalue weighted by Gasteiger charge is -2.15. The summed E-state index contributed by atoms with van der Waals surface area (Å²) < 4.78 is 17.2. The number of imidazole rings is 1. The van der Waals surface area contributed by atoms with Gasteiger partial charge in [-0.2, -0.15) is 4.98 Å². The van der Waals surface area contributed by atoms with Gasteiger partial charge in [-0.25, -0.2) is 4.98 Å². The maximum Gasteiger partial charge on any atom is 0.296 e. The molecule has 0 spiro atoms. The average Bonchev–Trinajstić information content (AvgIpc) is 3.62. The van der Waals surface area contributed by atoms with Crippen LogP contribution < -0.4 is 4.74 Å². The number of fused-ring (bicyclic) bond motifs is 2. The van der Waals surface area contributed by atoms with Crippen LogP contribution in [0.3, 0.4) is 0 Å². The summed E-state index contributed by atoms with van der Waals surface area (Å²) in [7, 11) is 0. The number of pyridine rings is 1. The van der Waals surface area contributed by atoms with Crippen LogP contribution in [-0.4, -0.2) is 57.7 Å². The molecule has 0 aliphatic carbocycles. The molecule has 4 heterocycles. The van der Waals surface area contributed by atoms with E-state index >= 15 is 0 Å². The van der Waals surface area contributed by atoms with Gasteiger partial charge in [0.1, 0.15) is 18.3 Å². The van der Waals surface area contributed by atoms with E-state index < -0.39 is 6.10 Å². The minimum atomic E-state index is -0.624. The van der Waals surface area contributed by atoms with Gasteiger partial charge in [0.2, 0.25) is 0 Å². The summed E-state index contributed by atoms with van der Waals surface area (Å²) in [6.45, 7) is 4.83. The third-order valence-electron chi connectivity index (χ3n) is 5.92. The van der Waals surface area contributed by atoms with Gasteiger partial charge in [-0.05, 0) is 17.2 Å². The third kappa shape index (κ3) is 5.79. The van der Waals surface area contributed by atoms with Crippen LogP contribution in [0.25, 0.3) is 33.5 Å². The molecule has 2 aliphatic rings. The average molecular weight is 520 g/mol. The Labute approximate surface area is 221 Å². The summed E-state index contributed by atoms with van der Waals surface area (Å²) in [6, 6.07) is 20.4. The van der Waals surface area contributed by atoms with Crippen molar-refractivity contribution < 1.29 is 19.3 Å². The van der Waals surface area contributed by atoms with E-state index in [4.69, 9.17) is 25.8 Å². The van der Waals surface area contributed by atoms with E-state index in [1.54, 1.807) is 6.07 Å². The van der Waals surface area contributed by atoms with Crippen LogP contribution in [0.2, 0.25) is 5.02 Å². The molecule has 192 valence electrons. The minimum Gasteiger partial charge on any atom is -0.456 e. The zero-order valence-electron chi connectivity index (χ0n) is 20.8. The smallest absolute Gasteiger partial charge is 0.296 e. The van der Waals surface area contributed by atoms with Gasteiger partial charge in [0.05, 0.1) is 29.4 Å². The van der Waals surface area contributed by atoms with E-state index in [0.717, 1.165) is 16.7 Å². The van der Waals surface area contributed by atoms with Crippen LogP contribution in [0.1, 0.15) is 20.3 Å². The monoisotopic (exact) mass is 519 g/mol. The van der Waals surface area contributed by atoms with Crippen molar-refractivity contribution in [3.63, 3.8) is 0 Å². The zero-order valence-corrected chi connectivity index (χ0v) is 21.6. The minimum absolute atomic E-state index is 0.249. The van der Waals surface area contributed by atoms with Gasteiger partial charge in [-0.1, -0.05) is 86.5 Å². The molecule has 2 aromatic carbocycles. The van der Waals surface area contributed by atoms with Gasteiger partial charge in [0, 0.05) is 5.56 Å². The Hall–Kier alpha value is -3.41. The molecule has 7 nitrogen and oxygen atoms in total. The number of aromatic nitrogens is 3. The highest BCUT2D eigenvalue weighted by molar-refractivity contribution is 6.33. The van der Waals surface area contributed by atoms with Gasteiger partial charge >= 0.3 is 0 Å². The van der Waals surface area contributed by atoms with E-state index in [0.29, 0.717) is 34.5 Å². The second kappa shape index (κ2) is 12.2. The predicted octanol–water partition coefficient (Wildman–Crippen LogP) is 5.52. The van der Waals surface area contributed by atoms with Crippen molar-refractivity contribution in [3.8, 4) is 41.2 Å². The summed E-state index contributed by atoms with van der Waals surface area (Å²) in [5, 5.41) is 10.4. The maximum absolute atomic E-state index is 9.90. The van der Waals surface area contributed by atoms with E-state index in [2.05, 4.69) is 65.9 Å². The second-order valence-electron chi connectivity index (χ2n) is 8.70. The van der Waals surface area contributed by atoms with E-state index in [-0.39, 0.29) is 24.9 Å². The summed E-state index contributed by atoms with van der Waals surface area (Å²) in [5.41, 5.74) is 5.02. The molecule has 4 atom stereocenters. The summed E-state index contributed by atoms with van der Waals surface area (Å²) in [5.74, 6) is 0. The van der Waals surface area contributed by atoms with Gasteiger partial charge in [0.25, 0.3) is 6.01 Å². The molecule has 0 bridgehead atoms. The maximum atomic E-state index is 9.90. The van der Waals surface area contributed by atoms with Crippen molar-refractivity contribution in [3.05, 3.63) is 65.7 Å². The van der Waals surface area contributed by atoms with Crippen molar-refractivity contribution in [2.24, 2.45) is 0 Å². The SMILES string of the molecule is C#C.CCC.O[C@@H]1CO[C@H]2[C@@H]1OC[C@H]2Oc1nc2nc(-c3ccc(-c4ccccc4)cc3)c(Cl)cc2[nH]1. The second-order valence-corrected chi connectivity index (χ2v) is 9.11. The fourth-order valence-corrected chi connectivity index (χ4v) is 4.55. The standard InChI is InChI=1S/C24H20ClN3O4.C3H8.C2H2/c25-16-10-17-23(28-24(26-17)32-19-12-31-21-18(29)11-30-22(19)21)27-20(16)15-8-6-14(7-9-15)13-4-2-1-3-5-13;1-3-2;1-2/h1-10,18-19,21-22,29H,11-12H2,(H,26,27,28);3H2,1-2H3;1-2H/t18-,19-,21-,22-;;/m1../s1. The summed E-state index contributed by atoms with van der Waals surface area (Å²) >= 11 is 6.54. The van der Waals surface area contributed by atoms with Crippen molar-refractivity contribution in [2.45, 2.75) is 44.7 Å². The largest absolute Gasteiger partial charge is 0.456 e. The number of hydrogen-bond donors (Lipinski definition) is 2. The van der Waals surface area contributed by atoms with Gasteiger partial charge in [-0.15, -0.1) is 12.8 Å². The third-order valence-corrected chi connectivity index (χ3v) is 6.20. The number of aromatic amines is 1. The topological polar surface area (TPSA) is 89.5 Å². The first-order valence-corrected chi connectivity index (χ1v) is 12.6. The highest BCUT2D eigenvalue weighted by Crippen LogP contribution is 2.33. The molecular weight excluding hydrogens is 490 g/mol. The zero-order chi connectivity index (χ0) is 26.4. The lowest BCUT2D eigenvalue weighted by molar-refractivity contribution is 0.00706. The van der Waals surface area contributed by atoms with Gasteiger partial charge in [0.15, 0.2) is 11.8 Å². The first-order chi connectivity index (χ1) is 18.1. The molecule has 4 aromatic rings. The quantitative estimate of drug-likeness (QED) is 0.345. The molecule has 2 aliphatic heterocycles. The molecule has 2 aromatic heterocycles. The Kier molecular flexibility index (Phi) is 8.80. The number of terminal acetylenes is 1. The van der Waals surface area contributed by atoms with Crippen molar-refractivity contribution in [2.75, 3.05) is 13.2 Å². The molecule has 2 fully saturated rings. The lowest BCUT2D eigenvalue weighted by Crippen LogP contribution is -2.34. The molecule has 8 heteroatoms. The number of nitrogens with zero attached hydrogens (tertiary/aromatic N) is 2. The number of hydrogen-bond acceptors (Lipinski definition) is 6. The number of rotatable bonds is 4. The number of aliphatic hydroxyl groups is 1. The number of ether oxygens (including phenoxy) is 3. The number of halogens is 1. The number of nitrogens with one attached hydrogen (secondary N) is 1. The molecule has 0 unspecified atom stereocenters. The fraction of sp³-hybridized carbons (Fsp3) is 0.310. The van der Waals surface area contributed by atoms with Crippen LogP contribution >= 0.6 is 11.6 Å². The first-order valence-electron chi connectivity index (χ1n) is 12.2. The molecule has 0 radical (unpaired) electrons. The molecule has 2 N–H and O–H groups in total. The van der Waals surface area contributed by atoms with Gasteiger partial charge < -0.3 is 24.3 Å². The van der Waals surface area contributed by atoms with Crippen molar-refractivity contribution in [1.29, 1.82) is 0 Å². The number of aliphatic hydroxyl groups excluding tert-OH is 1. The lowest BCUT2D eigenvalue weighted by atomic mass is 10.0. The fourth-order valence-electron chi connectivity index (χ4n) is 4.29. The normalized spacial score (nSPS) is 21.9. The Morgan fingerprint density at radius 1 is 0.946 bits per heavy atom. The Bertz CT molecular complexity index is 1320. The predicted molar refractivity (Wildman–Crippen MR) is 146 cm³/mol. The molecule has 6 rings (SSSR count). The van der Waals surface area contributed by atoms with E-state index in [1.165, 1.54) is 6.42 Å². The first kappa shape index (κ1) is 26.6. The number of benzene rings is 2. The Morgan fingerprint density at radius 2 is 1.57 bits per heavy atom. The van der Waals surface area contributed by atoms with E-state index in [1.807, 2.05) is 30.3 Å². The molecule has 37 heavy (non-hydrogen) atoms.